The molecule has 88 valence electrons. The van der Waals surface area contributed by atoms with E-state index in [0.717, 1.165) is 12.8 Å². The van der Waals surface area contributed by atoms with Crippen LogP contribution in [0, 0.1) is 13.8 Å². The summed E-state index contributed by atoms with van der Waals surface area (Å²) in [5.74, 6) is 0. The highest BCUT2D eigenvalue weighted by molar-refractivity contribution is 7.88. The quantitative estimate of drug-likeness (QED) is 0.856. The molecule has 1 aromatic carbocycles. The van der Waals surface area contributed by atoms with Crippen molar-refractivity contribution in [2.45, 2.75) is 32.7 Å². The van der Waals surface area contributed by atoms with E-state index in [2.05, 4.69) is 23.8 Å². The number of nitrogens with one attached hydrogen (secondary N) is 1. The molecule has 1 aromatic rings. The summed E-state index contributed by atoms with van der Waals surface area (Å²) in [5, 5.41) is 0. The van der Waals surface area contributed by atoms with Crippen LogP contribution in [0.15, 0.2) is 12.1 Å². The second kappa shape index (κ2) is 3.86. The first kappa shape index (κ1) is 11.6. The molecule has 0 saturated carbocycles. The minimum Gasteiger partial charge on any atom is -0.213 e. The summed E-state index contributed by atoms with van der Waals surface area (Å²) in [4.78, 5) is 0. The number of hydrogen-bond donors (Lipinski definition) is 1. The van der Waals surface area contributed by atoms with Crippen LogP contribution in [0.2, 0.25) is 0 Å². The molecule has 1 aliphatic carbocycles. The molecule has 0 aliphatic heterocycles. The van der Waals surface area contributed by atoms with Crippen LogP contribution in [0.25, 0.3) is 0 Å². The van der Waals surface area contributed by atoms with E-state index < -0.39 is 10.0 Å². The second-order valence-electron chi connectivity index (χ2n) is 4.64. The van der Waals surface area contributed by atoms with E-state index in [9.17, 15) is 8.42 Å². The van der Waals surface area contributed by atoms with E-state index in [0.29, 0.717) is 0 Å². The molecular weight excluding hydrogens is 222 g/mol. The SMILES string of the molecule is Cc1cc(C)c2c(c1)CCC2NS(C)(=O)=O. The number of hydrogen-bond acceptors (Lipinski definition) is 2. The van der Waals surface area contributed by atoms with Gasteiger partial charge in [-0.05, 0) is 43.4 Å². The lowest BCUT2D eigenvalue weighted by Crippen LogP contribution is -2.26. The Morgan fingerprint density at radius 1 is 1.31 bits per heavy atom. The monoisotopic (exact) mass is 239 g/mol. The van der Waals surface area contributed by atoms with Gasteiger partial charge in [-0.15, -0.1) is 0 Å². The third-order valence-corrected chi connectivity index (χ3v) is 3.74. The predicted molar refractivity (Wildman–Crippen MR) is 65.0 cm³/mol. The summed E-state index contributed by atoms with van der Waals surface area (Å²) in [5.41, 5.74) is 4.90. The van der Waals surface area contributed by atoms with Gasteiger partial charge in [0.05, 0.1) is 6.26 Å². The lowest BCUT2D eigenvalue weighted by Gasteiger charge is -2.15. The first-order valence-corrected chi connectivity index (χ1v) is 7.33. The van der Waals surface area contributed by atoms with Crippen molar-refractivity contribution >= 4 is 10.0 Å². The second-order valence-corrected chi connectivity index (χ2v) is 6.42. The van der Waals surface area contributed by atoms with Crippen LogP contribution in [-0.4, -0.2) is 14.7 Å². The van der Waals surface area contributed by atoms with Gasteiger partial charge in [0.1, 0.15) is 0 Å². The summed E-state index contributed by atoms with van der Waals surface area (Å²) in [6.07, 6.45) is 3.05. The molecule has 0 radical (unpaired) electrons. The van der Waals surface area contributed by atoms with Gasteiger partial charge >= 0.3 is 0 Å². The molecule has 0 saturated heterocycles. The van der Waals surface area contributed by atoms with Crippen molar-refractivity contribution in [3.63, 3.8) is 0 Å². The molecule has 3 nitrogen and oxygen atoms in total. The van der Waals surface area contributed by atoms with Gasteiger partial charge in [-0.2, -0.15) is 0 Å². The molecule has 1 N–H and O–H groups in total. The Balaban J connectivity index is 2.40. The van der Waals surface area contributed by atoms with Gasteiger partial charge in [0.15, 0.2) is 0 Å². The molecule has 2 rings (SSSR count). The Hall–Kier alpha value is -0.870. The van der Waals surface area contributed by atoms with Crippen molar-refractivity contribution in [2.75, 3.05) is 6.26 Å². The van der Waals surface area contributed by atoms with Crippen molar-refractivity contribution in [3.8, 4) is 0 Å². The van der Waals surface area contributed by atoms with E-state index in [1.165, 1.54) is 28.5 Å². The molecule has 0 spiro atoms. The van der Waals surface area contributed by atoms with Gasteiger partial charge in [0, 0.05) is 6.04 Å². The van der Waals surface area contributed by atoms with Crippen molar-refractivity contribution < 1.29 is 8.42 Å². The molecule has 4 heteroatoms. The standard InChI is InChI=1S/C12H17NO2S/c1-8-6-9(2)12-10(7-8)4-5-11(12)13-16(3,14)15/h6-7,11,13H,4-5H2,1-3H3. The highest BCUT2D eigenvalue weighted by Crippen LogP contribution is 2.34. The highest BCUT2D eigenvalue weighted by atomic mass is 32.2. The van der Waals surface area contributed by atoms with E-state index in [4.69, 9.17) is 0 Å². The molecule has 1 unspecified atom stereocenters. The Bertz CT molecular complexity index is 520. The lowest BCUT2D eigenvalue weighted by molar-refractivity contribution is 0.559. The number of fused-ring (bicyclic) bond motifs is 1. The fraction of sp³-hybridized carbons (Fsp3) is 0.500. The van der Waals surface area contributed by atoms with Gasteiger partial charge in [0.2, 0.25) is 10.0 Å². The molecule has 0 amide bonds. The first-order chi connectivity index (χ1) is 7.37. The smallest absolute Gasteiger partial charge is 0.209 e. The summed E-state index contributed by atoms with van der Waals surface area (Å²) in [6.45, 7) is 4.12. The average Bonchev–Trinajstić information content (AvgIpc) is 2.44. The largest absolute Gasteiger partial charge is 0.213 e. The molecular formula is C12H17NO2S. The lowest BCUT2D eigenvalue weighted by atomic mass is 10.00. The van der Waals surface area contributed by atoms with Crippen LogP contribution in [0.4, 0.5) is 0 Å². The summed E-state index contributed by atoms with van der Waals surface area (Å²) < 4.78 is 25.2. The van der Waals surface area contributed by atoms with Crippen LogP contribution in [0.1, 0.15) is 34.7 Å². The zero-order chi connectivity index (χ0) is 11.9. The van der Waals surface area contributed by atoms with Gasteiger partial charge < -0.3 is 0 Å². The third-order valence-electron chi connectivity index (χ3n) is 3.02. The van der Waals surface area contributed by atoms with Crippen LogP contribution in [-0.2, 0) is 16.4 Å². The Morgan fingerprint density at radius 3 is 2.62 bits per heavy atom. The molecule has 16 heavy (non-hydrogen) atoms. The van der Waals surface area contributed by atoms with E-state index in [-0.39, 0.29) is 6.04 Å². The minimum absolute atomic E-state index is 0.0365. The van der Waals surface area contributed by atoms with Gasteiger partial charge in [-0.25, -0.2) is 13.1 Å². The van der Waals surface area contributed by atoms with E-state index in [1.54, 1.807) is 0 Å². The zero-order valence-electron chi connectivity index (χ0n) is 9.87. The van der Waals surface area contributed by atoms with Crippen molar-refractivity contribution in [2.24, 2.45) is 0 Å². The summed E-state index contributed by atoms with van der Waals surface area (Å²) in [7, 11) is -3.13. The average molecular weight is 239 g/mol. The summed E-state index contributed by atoms with van der Waals surface area (Å²) >= 11 is 0. The maximum Gasteiger partial charge on any atom is 0.209 e. The van der Waals surface area contributed by atoms with E-state index >= 15 is 0 Å². The molecule has 0 fully saturated rings. The maximum atomic E-state index is 11.3. The van der Waals surface area contributed by atoms with Crippen LogP contribution in [0.3, 0.4) is 0 Å². The number of sulfonamides is 1. The topological polar surface area (TPSA) is 46.2 Å². The Labute approximate surface area is 96.9 Å². The molecule has 1 atom stereocenters. The predicted octanol–water partition coefficient (Wildman–Crippen LogP) is 1.84. The number of benzene rings is 1. The fourth-order valence-electron chi connectivity index (χ4n) is 2.59. The summed E-state index contributed by atoms with van der Waals surface area (Å²) in [6, 6.07) is 4.23. The molecule has 0 aromatic heterocycles. The maximum absolute atomic E-state index is 11.3. The van der Waals surface area contributed by atoms with Gasteiger partial charge in [0.25, 0.3) is 0 Å². The normalized spacial score (nSPS) is 19.8. The number of rotatable bonds is 2. The minimum atomic E-state index is -3.13. The Kier molecular flexibility index (Phi) is 2.80. The Morgan fingerprint density at radius 2 is 2.00 bits per heavy atom. The first-order valence-electron chi connectivity index (χ1n) is 5.44. The van der Waals surface area contributed by atoms with Crippen LogP contribution >= 0.6 is 0 Å². The molecule has 0 bridgehead atoms. The fourth-order valence-corrected chi connectivity index (χ4v) is 3.35. The van der Waals surface area contributed by atoms with E-state index in [1.807, 2.05) is 6.92 Å². The zero-order valence-corrected chi connectivity index (χ0v) is 10.7. The third kappa shape index (κ3) is 2.28. The van der Waals surface area contributed by atoms with Crippen LogP contribution < -0.4 is 4.72 Å². The number of aryl methyl sites for hydroxylation is 3. The van der Waals surface area contributed by atoms with Gasteiger partial charge in [-0.1, -0.05) is 17.7 Å². The molecule has 1 aliphatic rings. The van der Waals surface area contributed by atoms with Crippen molar-refractivity contribution in [3.05, 3.63) is 34.4 Å². The van der Waals surface area contributed by atoms with Crippen LogP contribution in [0.5, 0.6) is 0 Å². The van der Waals surface area contributed by atoms with Gasteiger partial charge in [-0.3, -0.25) is 0 Å². The van der Waals surface area contributed by atoms with Crippen molar-refractivity contribution in [1.29, 1.82) is 0 Å². The molecule has 0 heterocycles. The van der Waals surface area contributed by atoms with Crippen molar-refractivity contribution in [1.82, 2.24) is 4.72 Å². The highest BCUT2D eigenvalue weighted by Gasteiger charge is 2.26.